The molecule has 1 aromatic rings. The number of hydrogen-bond donors (Lipinski definition) is 2. The highest BCUT2D eigenvalue weighted by molar-refractivity contribution is 5.36. The third-order valence-electron chi connectivity index (χ3n) is 4.77. The zero-order chi connectivity index (χ0) is 12.5. The number of rotatable bonds is 2. The fourth-order valence-electron chi connectivity index (χ4n) is 3.60. The number of hydrogen-bond acceptors (Lipinski definition) is 2. The van der Waals surface area contributed by atoms with E-state index in [-0.39, 0.29) is 0 Å². The lowest BCUT2D eigenvalue weighted by Crippen LogP contribution is -2.27. The Morgan fingerprint density at radius 2 is 2.06 bits per heavy atom. The number of nitrogens with two attached hydrogens (primary N) is 1. The highest BCUT2D eigenvalue weighted by Gasteiger charge is 2.26. The van der Waals surface area contributed by atoms with Gasteiger partial charge in [-0.05, 0) is 67.1 Å². The van der Waals surface area contributed by atoms with Crippen LogP contribution in [0.2, 0.25) is 0 Å². The van der Waals surface area contributed by atoms with Crippen molar-refractivity contribution in [2.45, 2.75) is 50.5 Å². The zero-order valence-electron chi connectivity index (χ0n) is 10.9. The first kappa shape index (κ1) is 12.2. The van der Waals surface area contributed by atoms with Crippen molar-refractivity contribution in [3.05, 3.63) is 34.9 Å². The van der Waals surface area contributed by atoms with E-state index >= 15 is 0 Å². The Morgan fingerprint density at radius 3 is 2.83 bits per heavy atom. The molecule has 3 unspecified atom stereocenters. The molecule has 0 amide bonds. The molecule has 0 saturated heterocycles. The third kappa shape index (κ3) is 2.32. The topological polar surface area (TPSA) is 46.2 Å². The standard InChI is InChI=1S/C16H23NO/c17-16-6-5-14-8-13(3-4-15(14)9-16)12-2-1-11(7-12)10-18/h3-4,8,11-12,16,18H,1-2,5-7,9-10,17H2. The molecule has 1 fully saturated rings. The molecular weight excluding hydrogens is 222 g/mol. The molecular formula is C16H23NO. The van der Waals surface area contributed by atoms with Gasteiger partial charge in [0.05, 0.1) is 0 Å². The Labute approximate surface area is 109 Å². The van der Waals surface area contributed by atoms with Gasteiger partial charge in [0.1, 0.15) is 0 Å². The second-order valence-corrected chi connectivity index (χ2v) is 6.09. The molecule has 0 aromatic heterocycles. The summed E-state index contributed by atoms with van der Waals surface area (Å²) in [4.78, 5) is 0. The Balaban J connectivity index is 1.78. The van der Waals surface area contributed by atoms with Crippen LogP contribution >= 0.6 is 0 Å². The molecule has 3 N–H and O–H groups in total. The smallest absolute Gasteiger partial charge is 0.0459 e. The van der Waals surface area contributed by atoms with Crippen LogP contribution in [0, 0.1) is 5.92 Å². The quantitative estimate of drug-likeness (QED) is 0.840. The van der Waals surface area contributed by atoms with Crippen molar-refractivity contribution in [1.29, 1.82) is 0 Å². The Morgan fingerprint density at radius 1 is 1.17 bits per heavy atom. The van der Waals surface area contributed by atoms with Gasteiger partial charge in [0.2, 0.25) is 0 Å². The maximum absolute atomic E-state index is 9.24. The van der Waals surface area contributed by atoms with Gasteiger partial charge in [-0.15, -0.1) is 0 Å². The second kappa shape index (κ2) is 5.02. The summed E-state index contributed by atoms with van der Waals surface area (Å²) >= 11 is 0. The summed E-state index contributed by atoms with van der Waals surface area (Å²) in [5.74, 6) is 1.20. The maximum atomic E-state index is 9.24. The molecule has 2 aliphatic carbocycles. The van der Waals surface area contributed by atoms with Crippen LogP contribution in [-0.4, -0.2) is 17.8 Å². The van der Waals surface area contributed by atoms with Crippen LogP contribution < -0.4 is 5.73 Å². The lowest BCUT2D eigenvalue weighted by molar-refractivity contribution is 0.229. The van der Waals surface area contributed by atoms with Crippen LogP contribution in [0.15, 0.2) is 18.2 Å². The fourth-order valence-corrected chi connectivity index (χ4v) is 3.60. The van der Waals surface area contributed by atoms with Gasteiger partial charge in [-0.2, -0.15) is 0 Å². The van der Waals surface area contributed by atoms with Crippen molar-refractivity contribution in [3.63, 3.8) is 0 Å². The molecule has 3 rings (SSSR count). The Bertz CT molecular complexity index is 429. The van der Waals surface area contributed by atoms with Gasteiger partial charge in [0.15, 0.2) is 0 Å². The largest absolute Gasteiger partial charge is 0.396 e. The van der Waals surface area contributed by atoms with E-state index in [1.54, 1.807) is 0 Å². The normalized spacial score (nSPS) is 31.3. The van der Waals surface area contributed by atoms with Crippen molar-refractivity contribution in [2.24, 2.45) is 11.7 Å². The predicted octanol–water partition coefficient (Wildman–Crippen LogP) is 2.38. The Hall–Kier alpha value is -0.860. The molecule has 0 radical (unpaired) electrons. The van der Waals surface area contributed by atoms with E-state index in [1.807, 2.05) is 0 Å². The van der Waals surface area contributed by atoms with Crippen LogP contribution in [0.5, 0.6) is 0 Å². The van der Waals surface area contributed by atoms with E-state index < -0.39 is 0 Å². The molecule has 0 heterocycles. The van der Waals surface area contributed by atoms with E-state index in [0.717, 1.165) is 25.7 Å². The molecule has 2 heteroatoms. The van der Waals surface area contributed by atoms with Crippen LogP contribution in [-0.2, 0) is 12.8 Å². The van der Waals surface area contributed by atoms with Crippen molar-refractivity contribution < 1.29 is 5.11 Å². The maximum Gasteiger partial charge on any atom is 0.0459 e. The highest BCUT2D eigenvalue weighted by Crippen LogP contribution is 2.39. The van der Waals surface area contributed by atoms with Gasteiger partial charge in [-0.3, -0.25) is 0 Å². The first-order valence-electron chi connectivity index (χ1n) is 7.24. The first-order valence-corrected chi connectivity index (χ1v) is 7.24. The van der Waals surface area contributed by atoms with Crippen LogP contribution in [0.3, 0.4) is 0 Å². The minimum atomic E-state index is 0.355. The minimum Gasteiger partial charge on any atom is -0.396 e. The third-order valence-corrected chi connectivity index (χ3v) is 4.77. The molecule has 0 aliphatic heterocycles. The lowest BCUT2D eigenvalue weighted by atomic mass is 9.85. The highest BCUT2D eigenvalue weighted by atomic mass is 16.3. The summed E-state index contributed by atoms with van der Waals surface area (Å²) in [5.41, 5.74) is 10.5. The summed E-state index contributed by atoms with van der Waals surface area (Å²) in [6, 6.07) is 7.34. The molecule has 1 aromatic carbocycles. The zero-order valence-corrected chi connectivity index (χ0v) is 10.9. The minimum absolute atomic E-state index is 0.355. The van der Waals surface area contributed by atoms with E-state index in [9.17, 15) is 5.11 Å². The van der Waals surface area contributed by atoms with Crippen molar-refractivity contribution in [1.82, 2.24) is 0 Å². The van der Waals surface area contributed by atoms with Gasteiger partial charge < -0.3 is 10.8 Å². The van der Waals surface area contributed by atoms with Crippen molar-refractivity contribution in [2.75, 3.05) is 6.61 Å². The Kier molecular flexibility index (Phi) is 3.40. The van der Waals surface area contributed by atoms with E-state index in [4.69, 9.17) is 5.73 Å². The lowest BCUT2D eigenvalue weighted by Gasteiger charge is -2.23. The summed E-state index contributed by atoms with van der Waals surface area (Å²) in [7, 11) is 0. The SMILES string of the molecule is NC1CCc2cc(C3CCC(CO)C3)ccc2C1. The van der Waals surface area contributed by atoms with E-state index in [1.165, 1.54) is 29.5 Å². The van der Waals surface area contributed by atoms with Crippen molar-refractivity contribution in [3.8, 4) is 0 Å². The molecule has 3 atom stereocenters. The molecule has 98 valence electrons. The summed E-state index contributed by atoms with van der Waals surface area (Å²) in [6.07, 6.45) is 6.89. The monoisotopic (exact) mass is 245 g/mol. The average Bonchev–Trinajstić information content (AvgIpc) is 2.87. The first-order chi connectivity index (χ1) is 8.76. The second-order valence-electron chi connectivity index (χ2n) is 6.09. The van der Waals surface area contributed by atoms with E-state index in [2.05, 4.69) is 18.2 Å². The van der Waals surface area contributed by atoms with Crippen LogP contribution in [0.4, 0.5) is 0 Å². The summed E-state index contributed by atoms with van der Waals surface area (Å²) in [6.45, 7) is 0.357. The molecule has 1 saturated carbocycles. The fraction of sp³-hybridized carbons (Fsp3) is 0.625. The van der Waals surface area contributed by atoms with Gasteiger partial charge in [-0.1, -0.05) is 18.2 Å². The number of benzene rings is 1. The van der Waals surface area contributed by atoms with Gasteiger partial charge in [0.25, 0.3) is 0 Å². The molecule has 18 heavy (non-hydrogen) atoms. The van der Waals surface area contributed by atoms with Crippen molar-refractivity contribution >= 4 is 0 Å². The van der Waals surface area contributed by atoms with Gasteiger partial charge >= 0.3 is 0 Å². The number of fused-ring (bicyclic) bond motifs is 1. The summed E-state index contributed by atoms with van der Waals surface area (Å²) < 4.78 is 0. The predicted molar refractivity (Wildman–Crippen MR) is 73.6 cm³/mol. The molecule has 2 aliphatic rings. The van der Waals surface area contributed by atoms with Crippen LogP contribution in [0.25, 0.3) is 0 Å². The number of aryl methyl sites for hydroxylation is 1. The average molecular weight is 245 g/mol. The van der Waals surface area contributed by atoms with Gasteiger partial charge in [-0.25, -0.2) is 0 Å². The number of aliphatic hydroxyl groups is 1. The number of aliphatic hydroxyl groups excluding tert-OH is 1. The van der Waals surface area contributed by atoms with Crippen LogP contribution in [0.1, 0.15) is 48.3 Å². The van der Waals surface area contributed by atoms with E-state index in [0.29, 0.717) is 24.5 Å². The molecule has 0 spiro atoms. The molecule has 2 nitrogen and oxygen atoms in total. The van der Waals surface area contributed by atoms with Gasteiger partial charge in [0, 0.05) is 12.6 Å². The summed E-state index contributed by atoms with van der Waals surface area (Å²) in [5, 5.41) is 9.24. The molecule has 0 bridgehead atoms.